The van der Waals surface area contributed by atoms with Crippen LogP contribution in [0.5, 0.6) is 5.75 Å². The first-order valence-electron chi connectivity index (χ1n) is 2.59. The van der Waals surface area contributed by atoms with E-state index >= 15 is 0 Å². The van der Waals surface area contributed by atoms with Gasteiger partial charge in [-0.3, -0.25) is 0 Å². The minimum atomic E-state index is -0.510. The van der Waals surface area contributed by atoms with Gasteiger partial charge in [0.2, 0.25) is 5.95 Å². The molecule has 0 spiro atoms. The highest BCUT2D eigenvalue weighted by Gasteiger charge is 1.97. The molecule has 2 nitrogen and oxygen atoms in total. The largest absolute Gasteiger partial charge is 0.496 e. The second kappa shape index (κ2) is 3.14. The number of halogens is 2. The van der Waals surface area contributed by atoms with Gasteiger partial charge in [-0.1, -0.05) is 0 Å². The molecule has 0 N–H and O–H groups in total. The van der Waals surface area contributed by atoms with Crippen molar-refractivity contribution in [2.75, 3.05) is 7.11 Å². The van der Waals surface area contributed by atoms with E-state index in [1.54, 1.807) is 6.07 Å². The molecular formula is C6H5FINO. The van der Waals surface area contributed by atoms with Crippen molar-refractivity contribution in [1.29, 1.82) is 0 Å². The number of rotatable bonds is 1. The third kappa shape index (κ3) is 1.80. The Hall–Kier alpha value is -0.390. The van der Waals surface area contributed by atoms with Crippen molar-refractivity contribution in [3.63, 3.8) is 0 Å². The number of nitrogens with zero attached hydrogens (tertiary/aromatic N) is 1. The topological polar surface area (TPSA) is 22.1 Å². The molecule has 0 aliphatic heterocycles. The first-order valence-corrected chi connectivity index (χ1v) is 3.67. The fraction of sp³-hybridized carbons (Fsp3) is 0.167. The number of ether oxygens (including phenoxy) is 1. The summed E-state index contributed by atoms with van der Waals surface area (Å²) in [5.41, 5.74) is 0. The van der Waals surface area contributed by atoms with E-state index in [9.17, 15) is 4.39 Å². The predicted octanol–water partition coefficient (Wildman–Crippen LogP) is 1.83. The van der Waals surface area contributed by atoms with E-state index < -0.39 is 5.95 Å². The van der Waals surface area contributed by atoms with Crippen LogP contribution in [0.2, 0.25) is 0 Å². The van der Waals surface area contributed by atoms with E-state index in [0.717, 1.165) is 0 Å². The maximum atomic E-state index is 12.4. The Bertz CT molecular complexity index is 221. The van der Waals surface area contributed by atoms with E-state index in [4.69, 9.17) is 4.74 Å². The Morgan fingerprint density at radius 2 is 2.30 bits per heavy atom. The van der Waals surface area contributed by atoms with Crippen LogP contribution in [0.3, 0.4) is 0 Å². The zero-order valence-electron chi connectivity index (χ0n) is 5.27. The maximum Gasteiger partial charge on any atom is 0.217 e. The third-order valence-electron chi connectivity index (χ3n) is 0.972. The predicted molar refractivity (Wildman–Crippen MR) is 43.5 cm³/mol. The molecule has 4 heteroatoms. The summed E-state index contributed by atoms with van der Waals surface area (Å²) in [5, 5.41) is 0. The summed E-state index contributed by atoms with van der Waals surface area (Å²) >= 11 is 1.92. The molecule has 0 bridgehead atoms. The van der Waals surface area contributed by atoms with Crippen molar-refractivity contribution in [2.24, 2.45) is 0 Å². The Morgan fingerprint density at radius 1 is 1.60 bits per heavy atom. The van der Waals surface area contributed by atoms with Crippen LogP contribution in [-0.4, -0.2) is 12.1 Å². The van der Waals surface area contributed by atoms with Crippen molar-refractivity contribution in [2.45, 2.75) is 0 Å². The normalized spacial score (nSPS) is 9.50. The SMILES string of the molecule is COc1cc(F)nc(I)c1. The van der Waals surface area contributed by atoms with Crippen LogP contribution in [0.4, 0.5) is 4.39 Å². The van der Waals surface area contributed by atoms with Crippen LogP contribution in [0.1, 0.15) is 0 Å². The lowest BCUT2D eigenvalue weighted by Crippen LogP contribution is -1.89. The average Bonchev–Trinajstić information content (AvgIpc) is 1.85. The van der Waals surface area contributed by atoms with E-state index in [2.05, 4.69) is 4.98 Å². The van der Waals surface area contributed by atoms with Gasteiger partial charge in [0, 0.05) is 12.1 Å². The Labute approximate surface area is 71.6 Å². The van der Waals surface area contributed by atoms with Gasteiger partial charge in [0.15, 0.2) is 0 Å². The van der Waals surface area contributed by atoms with E-state index in [1.165, 1.54) is 13.2 Å². The fourth-order valence-corrected chi connectivity index (χ4v) is 1.10. The van der Waals surface area contributed by atoms with Gasteiger partial charge in [-0.05, 0) is 22.6 Å². The number of hydrogen-bond donors (Lipinski definition) is 0. The van der Waals surface area contributed by atoms with Crippen LogP contribution < -0.4 is 4.74 Å². The molecule has 0 aliphatic rings. The molecular weight excluding hydrogens is 248 g/mol. The number of pyridine rings is 1. The summed E-state index contributed by atoms with van der Waals surface area (Å²) in [6, 6.07) is 2.89. The van der Waals surface area contributed by atoms with Crippen molar-refractivity contribution < 1.29 is 9.13 Å². The molecule has 1 aromatic heterocycles. The quantitative estimate of drug-likeness (QED) is 0.562. The van der Waals surface area contributed by atoms with Gasteiger partial charge < -0.3 is 4.74 Å². The van der Waals surface area contributed by atoms with Gasteiger partial charge in [-0.25, -0.2) is 4.98 Å². The van der Waals surface area contributed by atoms with E-state index in [0.29, 0.717) is 9.45 Å². The molecule has 1 aromatic rings. The summed E-state index contributed by atoms with van der Waals surface area (Å²) in [6.07, 6.45) is 0. The molecule has 10 heavy (non-hydrogen) atoms. The van der Waals surface area contributed by atoms with Crippen LogP contribution in [0, 0.1) is 9.65 Å². The molecule has 0 fully saturated rings. The second-order valence-electron chi connectivity index (χ2n) is 1.65. The molecule has 0 saturated carbocycles. The smallest absolute Gasteiger partial charge is 0.217 e. The molecule has 1 rings (SSSR count). The number of aromatic nitrogens is 1. The van der Waals surface area contributed by atoms with E-state index in [1.807, 2.05) is 22.6 Å². The summed E-state index contributed by atoms with van der Waals surface area (Å²) < 4.78 is 17.8. The second-order valence-corrected chi connectivity index (χ2v) is 2.76. The van der Waals surface area contributed by atoms with Crippen LogP contribution in [-0.2, 0) is 0 Å². The molecule has 0 aromatic carbocycles. The van der Waals surface area contributed by atoms with Crippen molar-refractivity contribution in [1.82, 2.24) is 4.98 Å². The van der Waals surface area contributed by atoms with Gasteiger partial charge in [0.05, 0.1) is 7.11 Å². The highest BCUT2D eigenvalue weighted by molar-refractivity contribution is 14.1. The van der Waals surface area contributed by atoms with Gasteiger partial charge >= 0.3 is 0 Å². The summed E-state index contributed by atoms with van der Waals surface area (Å²) in [7, 11) is 1.49. The Balaban J connectivity index is 3.06. The first kappa shape index (κ1) is 7.71. The van der Waals surface area contributed by atoms with Crippen LogP contribution >= 0.6 is 22.6 Å². The molecule has 0 unspecified atom stereocenters. The number of methoxy groups -OCH3 is 1. The molecule has 0 aliphatic carbocycles. The zero-order chi connectivity index (χ0) is 7.56. The fourth-order valence-electron chi connectivity index (χ4n) is 0.561. The molecule has 0 amide bonds. The van der Waals surface area contributed by atoms with Crippen molar-refractivity contribution in [3.05, 3.63) is 21.8 Å². The maximum absolute atomic E-state index is 12.4. The van der Waals surface area contributed by atoms with Gasteiger partial charge in [-0.15, -0.1) is 0 Å². The molecule has 0 radical (unpaired) electrons. The van der Waals surface area contributed by atoms with Gasteiger partial charge in [-0.2, -0.15) is 4.39 Å². The summed E-state index contributed by atoms with van der Waals surface area (Å²) in [6.45, 7) is 0. The summed E-state index contributed by atoms with van der Waals surface area (Å²) in [5.74, 6) is -0.0133. The van der Waals surface area contributed by atoms with E-state index in [-0.39, 0.29) is 0 Å². The lowest BCUT2D eigenvalue weighted by Gasteiger charge is -1.98. The molecule has 1 heterocycles. The van der Waals surface area contributed by atoms with Gasteiger partial charge in [0.1, 0.15) is 9.45 Å². The number of hydrogen-bond acceptors (Lipinski definition) is 2. The van der Waals surface area contributed by atoms with Crippen molar-refractivity contribution in [3.8, 4) is 5.75 Å². The zero-order valence-corrected chi connectivity index (χ0v) is 7.42. The Kier molecular flexibility index (Phi) is 2.42. The monoisotopic (exact) mass is 253 g/mol. The minimum Gasteiger partial charge on any atom is -0.496 e. The average molecular weight is 253 g/mol. The third-order valence-corrected chi connectivity index (χ3v) is 1.52. The lowest BCUT2D eigenvalue weighted by atomic mass is 10.4. The molecule has 0 atom stereocenters. The van der Waals surface area contributed by atoms with Crippen LogP contribution in [0.15, 0.2) is 12.1 Å². The standard InChI is InChI=1S/C6H5FINO/c1-10-4-2-5(7)9-6(8)3-4/h2-3H,1H3. The van der Waals surface area contributed by atoms with Gasteiger partial charge in [0.25, 0.3) is 0 Å². The minimum absolute atomic E-state index is 0.497. The first-order chi connectivity index (χ1) is 4.72. The molecule has 54 valence electrons. The Morgan fingerprint density at radius 3 is 2.80 bits per heavy atom. The summed E-state index contributed by atoms with van der Waals surface area (Å²) in [4.78, 5) is 3.52. The highest BCUT2D eigenvalue weighted by Crippen LogP contribution is 2.13. The molecule has 0 saturated heterocycles. The lowest BCUT2D eigenvalue weighted by molar-refractivity contribution is 0.408. The highest BCUT2D eigenvalue weighted by atomic mass is 127. The van der Waals surface area contributed by atoms with Crippen LogP contribution in [0.25, 0.3) is 0 Å². The van der Waals surface area contributed by atoms with Crippen molar-refractivity contribution >= 4 is 22.6 Å².